The zero-order valence-electron chi connectivity index (χ0n) is 12.2. The van der Waals surface area contributed by atoms with Crippen molar-refractivity contribution in [1.82, 2.24) is 9.29 Å². The van der Waals surface area contributed by atoms with E-state index in [9.17, 15) is 22.8 Å². The zero-order valence-corrected chi connectivity index (χ0v) is 13.0. The van der Waals surface area contributed by atoms with Gasteiger partial charge < -0.3 is 10.8 Å². The van der Waals surface area contributed by atoms with Gasteiger partial charge in [-0.25, -0.2) is 17.9 Å². The molecule has 0 radical (unpaired) electrons. The summed E-state index contributed by atoms with van der Waals surface area (Å²) >= 11 is 0. The number of primary amides is 1. The summed E-state index contributed by atoms with van der Waals surface area (Å²) in [6, 6.07) is 3.84. The SMILES string of the molecule is NC(=O)c1cn(C(=O)O)c2ccc(C(=O)NS(=O)(=O)C3CC3)cc12. The van der Waals surface area contributed by atoms with E-state index in [0.717, 1.165) is 10.8 Å². The Morgan fingerprint density at radius 3 is 2.46 bits per heavy atom. The number of benzene rings is 1. The summed E-state index contributed by atoms with van der Waals surface area (Å²) in [5.74, 6) is -1.70. The van der Waals surface area contributed by atoms with Crippen molar-refractivity contribution in [3.63, 3.8) is 0 Å². The molecule has 1 aliphatic rings. The Morgan fingerprint density at radius 1 is 1.25 bits per heavy atom. The number of nitrogens with two attached hydrogens (primary N) is 1. The molecule has 4 N–H and O–H groups in total. The van der Waals surface area contributed by atoms with E-state index in [1.807, 2.05) is 4.72 Å². The Balaban J connectivity index is 2.04. The van der Waals surface area contributed by atoms with Crippen LogP contribution in [0.25, 0.3) is 10.9 Å². The first-order valence-electron chi connectivity index (χ1n) is 6.95. The first-order valence-corrected chi connectivity index (χ1v) is 8.49. The van der Waals surface area contributed by atoms with Crippen LogP contribution in [0.5, 0.6) is 0 Å². The summed E-state index contributed by atoms with van der Waals surface area (Å²) < 4.78 is 26.4. The number of carbonyl (C=O) groups excluding carboxylic acids is 2. The van der Waals surface area contributed by atoms with Gasteiger partial charge in [-0.2, -0.15) is 0 Å². The van der Waals surface area contributed by atoms with E-state index in [1.54, 1.807) is 0 Å². The van der Waals surface area contributed by atoms with Crippen molar-refractivity contribution in [2.45, 2.75) is 18.1 Å². The summed E-state index contributed by atoms with van der Waals surface area (Å²) in [4.78, 5) is 34.8. The van der Waals surface area contributed by atoms with Crippen molar-refractivity contribution in [2.24, 2.45) is 5.73 Å². The van der Waals surface area contributed by atoms with Crippen molar-refractivity contribution in [3.8, 4) is 0 Å². The third-order valence-corrected chi connectivity index (χ3v) is 5.56. The minimum atomic E-state index is -3.71. The van der Waals surface area contributed by atoms with Crippen LogP contribution in [0.4, 0.5) is 4.79 Å². The molecule has 1 aromatic carbocycles. The Hall–Kier alpha value is -2.88. The van der Waals surface area contributed by atoms with Crippen LogP contribution in [0.2, 0.25) is 0 Å². The van der Waals surface area contributed by atoms with Gasteiger partial charge in [0.1, 0.15) is 0 Å². The maximum Gasteiger partial charge on any atom is 0.416 e. The van der Waals surface area contributed by atoms with Crippen LogP contribution in [0.15, 0.2) is 24.4 Å². The van der Waals surface area contributed by atoms with Crippen molar-refractivity contribution < 1.29 is 27.9 Å². The number of nitrogens with one attached hydrogen (secondary N) is 1. The lowest BCUT2D eigenvalue weighted by atomic mass is 10.1. The fourth-order valence-electron chi connectivity index (χ4n) is 2.38. The van der Waals surface area contributed by atoms with Crippen molar-refractivity contribution >= 4 is 38.8 Å². The minimum Gasteiger partial charge on any atom is -0.464 e. The number of rotatable bonds is 4. The molecule has 9 nitrogen and oxygen atoms in total. The first-order chi connectivity index (χ1) is 11.2. The monoisotopic (exact) mass is 351 g/mol. The predicted octanol–water partition coefficient (Wildman–Crippen LogP) is 0.488. The molecule has 1 aliphatic carbocycles. The van der Waals surface area contributed by atoms with E-state index in [2.05, 4.69) is 0 Å². The molecule has 0 unspecified atom stereocenters. The van der Waals surface area contributed by atoms with Gasteiger partial charge in [0, 0.05) is 17.1 Å². The topological polar surface area (TPSA) is 149 Å². The molecule has 126 valence electrons. The molecule has 1 saturated carbocycles. The van der Waals surface area contributed by atoms with E-state index in [-0.39, 0.29) is 22.0 Å². The Kier molecular flexibility index (Phi) is 3.56. The quantitative estimate of drug-likeness (QED) is 0.730. The van der Waals surface area contributed by atoms with Gasteiger partial charge in [0.05, 0.1) is 16.3 Å². The highest BCUT2D eigenvalue weighted by Gasteiger charge is 2.37. The van der Waals surface area contributed by atoms with Crippen LogP contribution in [-0.2, 0) is 10.0 Å². The van der Waals surface area contributed by atoms with Gasteiger partial charge in [-0.1, -0.05) is 0 Å². The number of nitrogens with zero attached hydrogens (tertiary/aromatic N) is 1. The highest BCUT2D eigenvalue weighted by atomic mass is 32.2. The summed E-state index contributed by atoms with van der Waals surface area (Å²) in [7, 11) is -3.71. The Bertz CT molecular complexity index is 987. The number of carbonyl (C=O) groups is 3. The van der Waals surface area contributed by atoms with E-state index in [0.29, 0.717) is 12.8 Å². The molecule has 24 heavy (non-hydrogen) atoms. The standard InChI is InChI=1S/C14H13N3O6S/c15-12(18)10-6-17(14(20)21)11-4-1-7(5-9(10)11)13(19)16-24(22,23)8-2-3-8/h1,4-6,8H,2-3H2,(H2,15,18)(H,16,19)(H,20,21). The van der Waals surface area contributed by atoms with Crippen molar-refractivity contribution in [1.29, 1.82) is 0 Å². The van der Waals surface area contributed by atoms with E-state index >= 15 is 0 Å². The van der Waals surface area contributed by atoms with Crippen LogP contribution >= 0.6 is 0 Å². The largest absolute Gasteiger partial charge is 0.464 e. The number of aromatic nitrogens is 1. The van der Waals surface area contributed by atoms with Gasteiger partial charge in [-0.15, -0.1) is 0 Å². The molecule has 2 amide bonds. The normalized spacial score (nSPS) is 14.5. The molecule has 3 rings (SSSR count). The molecular formula is C14H13N3O6S. The molecule has 1 aromatic heterocycles. The molecule has 0 atom stereocenters. The maximum absolute atomic E-state index is 12.1. The minimum absolute atomic E-state index is 0.0163. The highest BCUT2D eigenvalue weighted by Crippen LogP contribution is 2.28. The highest BCUT2D eigenvalue weighted by molar-refractivity contribution is 7.91. The van der Waals surface area contributed by atoms with Crippen LogP contribution < -0.4 is 10.5 Å². The number of hydrogen-bond acceptors (Lipinski definition) is 5. The molecule has 0 aliphatic heterocycles. The average Bonchev–Trinajstić information content (AvgIpc) is 3.27. The molecule has 2 aromatic rings. The third kappa shape index (κ3) is 2.71. The van der Waals surface area contributed by atoms with E-state index in [1.165, 1.54) is 18.2 Å². The molecule has 1 fully saturated rings. The maximum atomic E-state index is 12.1. The number of hydrogen-bond donors (Lipinski definition) is 3. The Labute approximate surface area is 136 Å². The van der Waals surface area contributed by atoms with Gasteiger partial charge in [-0.05, 0) is 31.0 Å². The lowest BCUT2D eigenvalue weighted by Crippen LogP contribution is -2.33. The molecule has 10 heteroatoms. The van der Waals surface area contributed by atoms with Crippen LogP contribution in [0.3, 0.4) is 0 Å². The fourth-order valence-corrected chi connectivity index (χ4v) is 3.68. The first kappa shape index (κ1) is 16.0. The Morgan fingerprint density at radius 2 is 1.92 bits per heavy atom. The fraction of sp³-hybridized carbons (Fsp3) is 0.214. The second kappa shape index (κ2) is 5.34. The molecule has 1 heterocycles. The molecule has 0 spiro atoms. The van der Waals surface area contributed by atoms with Crippen molar-refractivity contribution in [2.75, 3.05) is 0 Å². The number of carboxylic acid groups (broad SMARTS) is 1. The summed E-state index contributed by atoms with van der Waals surface area (Å²) in [5, 5.41) is 8.73. The zero-order chi connectivity index (χ0) is 17.6. The van der Waals surface area contributed by atoms with Crippen molar-refractivity contribution in [3.05, 3.63) is 35.5 Å². The van der Waals surface area contributed by atoms with Gasteiger partial charge in [0.15, 0.2) is 0 Å². The second-order valence-corrected chi connectivity index (χ2v) is 7.43. The van der Waals surface area contributed by atoms with E-state index < -0.39 is 33.2 Å². The summed E-state index contributed by atoms with van der Waals surface area (Å²) in [6.45, 7) is 0. The molecule has 0 saturated heterocycles. The second-order valence-electron chi connectivity index (χ2n) is 5.47. The van der Waals surface area contributed by atoms with Crippen LogP contribution in [-0.4, -0.2) is 41.2 Å². The predicted molar refractivity (Wildman–Crippen MR) is 83.3 cm³/mol. The van der Waals surface area contributed by atoms with Gasteiger partial charge >= 0.3 is 6.09 Å². The number of amides is 2. The molecular weight excluding hydrogens is 338 g/mol. The van der Waals surface area contributed by atoms with Crippen LogP contribution in [0.1, 0.15) is 33.6 Å². The number of fused-ring (bicyclic) bond motifs is 1. The number of sulfonamides is 1. The third-order valence-electron chi connectivity index (χ3n) is 3.74. The summed E-state index contributed by atoms with van der Waals surface area (Å²) in [6.07, 6.45) is 0.753. The van der Waals surface area contributed by atoms with Gasteiger partial charge in [-0.3, -0.25) is 14.2 Å². The lowest BCUT2D eigenvalue weighted by Gasteiger charge is -2.06. The van der Waals surface area contributed by atoms with E-state index in [4.69, 9.17) is 10.8 Å². The smallest absolute Gasteiger partial charge is 0.416 e. The van der Waals surface area contributed by atoms with Gasteiger partial charge in [0.25, 0.3) is 11.8 Å². The molecule has 0 bridgehead atoms. The average molecular weight is 351 g/mol. The van der Waals surface area contributed by atoms with Crippen LogP contribution in [0, 0.1) is 0 Å². The van der Waals surface area contributed by atoms with Gasteiger partial charge in [0.2, 0.25) is 10.0 Å². The summed E-state index contributed by atoms with van der Waals surface area (Å²) in [5.41, 5.74) is 5.30. The lowest BCUT2D eigenvalue weighted by molar-refractivity contribution is 0.0977.